The van der Waals surface area contributed by atoms with Gasteiger partial charge in [-0.1, -0.05) is 36.0 Å². The van der Waals surface area contributed by atoms with Gasteiger partial charge in [0, 0.05) is 12.5 Å². The monoisotopic (exact) mass is 392 g/mol. The van der Waals surface area contributed by atoms with Gasteiger partial charge in [-0.25, -0.2) is 8.42 Å². The second-order valence-corrected chi connectivity index (χ2v) is 9.55. The standard InChI is InChI=1S/C17H20N4O3S2/c22-15(18-17-20-19-16(25-17)12-9-10-12)14-8-4-5-11-21(14)26(23,24)13-6-2-1-3-7-13/h1-3,6-7,12,14H,4-5,8-11H2,(H,18,20,22)/t14-/m1/s1. The molecule has 0 spiro atoms. The molecule has 1 amide bonds. The molecule has 2 heterocycles. The highest BCUT2D eigenvalue weighted by molar-refractivity contribution is 7.89. The molecule has 138 valence electrons. The third kappa shape index (κ3) is 3.51. The molecule has 2 aromatic rings. The minimum absolute atomic E-state index is 0.214. The van der Waals surface area contributed by atoms with Crippen LogP contribution in [0, 0.1) is 0 Å². The molecule has 1 saturated carbocycles. The maximum absolute atomic E-state index is 13.0. The van der Waals surface area contributed by atoms with Crippen LogP contribution in [-0.2, 0) is 14.8 Å². The van der Waals surface area contributed by atoms with Gasteiger partial charge in [-0.3, -0.25) is 10.1 Å². The number of piperidine rings is 1. The molecule has 1 saturated heterocycles. The van der Waals surface area contributed by atoms with E-state index in [1.54, 1.807) is 30.3 Å². The van der Waals surface area contributed by atoms with E-state index in [2.05, 4.69) is 15.5 Å². The Balaban J connectivity index is 1.53. The van der Waals surface area contributed by atoms with Gasteiger partial charge in [0.15, 0.2) is 0 Å². The number of benzene rings is 1. The molecule has 1 N–H and O–H groups in total. The number of rotatable bonds is 5. The van der Waals surface area contributed by atoms with Gasteiger partial charge >= 0.3 is 0 Å². The molecule has 1 atom stereocenters. The molecule has 0 bridgehead atoms. The van der Waals surface area contributed by atoms with Crippen LogP contribution in [0.3, 0.4) is 0 Å². The quantitative estimate of drug-likeness (QED) is 0.844. The second-order valence-electron chi connectivity index (χ2n) is 6.65. The molecular weight excluding hydrogens is 372 g/mol. The van der Waals surface area contributed by atoms with E-state index in [1.165, 1.54) is 15.6 Å². The predicted molar refractivity (Wildman–Crippen MR) is 98.5 cm³/mol. The first-order chi connectivity index (χ1) is 12.6. The number of anilines is 1. The Bertz CT molecular complexity index is 894. The Morgan fingerprint density at radius 3 is 2.62 bits per heavy atom. The van der Waals surface area contributed by atoms with Crippen molar-refractivity contribution in [1.82, 2.24) is 14.5 Å². The van der Waals surface area contributed by atoms with E-state index in [1.807, 2.05) is 0 Å². The van der Waals surface area contributed by atoms with Crippen molar-refractivity contribution >= 4 is 32.4 Å². The number of hydrogen-bond acceptors (Lipinski definition) is 6. The fourth-order valence-corrected chi connectivity index (χ4v) is 5.74. The lowest BCUT2D eigenvalue weighted by molar-refractivity contribution is -0.120. The molecule has 1 aliphatic heterocycles. The highest BCUT2D eigenvalue weighted by Crippen LogP contribution is 2.42. The van der Waals surface area contributed by atoms with E-state index in [-0.39, 0.29) is 10.8 Å². The van der Waals surface area contributed by atoms with Gasteiger partial charge in [0.05, 0.1) is 4.90 Å². The van der Waals surface area contributed by atoms with Crippen LogP contribution < -0.4 is 5.32 Å². The van der Waals surface area contributed by atoms with Crippen molar-refractivity contribution in [1.29, 1.82) is 0 Å². The lowest BCUT2D eigenvalue weighted by Crippen LogP contribution is -2.49. The summed E-state index contributed by atoms with van der Waals surface area (Å²) in [5.74, 6) is 0.144. The number of carbonyl (C=O) groups excluding carboxylic acids is 1. The summed E-state index contributed by atoms with van der Waals surface area (Å²) in [6.45, 7) is 0.346. The van der Waals surface area contributed by atoms with Crippen molar-refractivity contribution in [3.8, 4) is 0 Å². The van der Waals surface area contributed by atoms with Crippen LogP contribution in [-0.4, -0.2) is 41.4 Å². The van der Waals surface area contributed by atoms with E-state index in [0.29, 0.717) is 24.0 Å². The van der Waals surface area contributed by atoms with Crippen LogP contribution >= 0.6 is 11.3 Å². The zero-order valence-electron chi connectivity index (χ0n) is 14.2. The van der Waals surface area contributed by atoms with Crippen LogP contribution in [0.25, 0.3) is 0 Å². The van der Waals surface area contributed by atoms with Crippen molar-refractivity contribution in [2.45, 2.75) is 49.0 Å². The van der Waals surface area contributed by atoms with Gasteiger partial charge in [0.25, 0.3) is 0 Å². The normalized spacial score (nSPS) is 21.5. The number of sulfonamides is 1. The first kappa shape index (κ1) is 17.6. The molecule has 4 rings (SSSR count). The maximum atomic E-state index is 13.0. The Hall–Kier alpha value is -1.84. The minimum atomic E-state index is -3.71. The number of hydrogen-bond donors (Lipinski definition) is 1. The first-order valence-corrected chi connectivity index (χ1v) is 11.0. The van der Waals surface area contributed by atoms with Crippen molar-refractivity contribution < 1.29 is 13.2 Å². The fraction of sp³-hybridized carbons (Fsp3) is 0.471. The molecule has 9 heteroatoms. The van der Waals surface area contributed by atoms with E-state index in [4.69, 9.17) is 0 Å². The fourth-order valence-electron chi connectivity index (χ4n) is 3.15. The van der Waals surface area contributed by atoms with Crippen molar-refractivity contribution in [3.63, 3.8) is 0 Å². The van der Waals surface area contributed by atoms with Gasteiger partial charge < -0.3 is 0 Å². The highest BCUT2D eigenvalue weighted by Gasteiger charge is 2.38. The van der Waals surface area contributed by atoms with Crippen molar-refractivity contribution in [2.24, 2.45) is 0 Å². The summed E-state index contributed by atoms with van der Waals surface area (Å²) in [5, 5.41) is 12.3. The average molecular weight is 393 g/mol. The summed E-state index contributed by atoms with van der Waals surface area (Å²) in [6, 6.07) is 7.55. The minimum Gasteiger partial charge on any atom is -0.299 e. The molecule has 0 unspecified atom stereocenters. The number of nitrogens with zero attached hydrogens (tertiary/aromatic N) is 3. The second kappa shape index (κ2) is 7.05. The summed E-state index contributed by atoms with van der Waals surface area (Å²) in [5.41, 5.74) is 0. The largest absolute Gasteiger partial charge is 0.299 e. The maximum Gasteiger partial charge on any atom is 0.244 e. The van der Waals surface area contributed by atoms with Crippen LogP contribution in [0.5, 0.6) is 0 Å². The third-order valence-corrected chi connectivity index (χ3v) is 7.63. The number of aromatic nitrogens is 2. The molecular formula is C17H20N4O3S2. The van der Waals surface area contributed by atoms with Crippen LogP contribution in [0.4, 0.5) is 5.13 Å². The lowest BCUT2D eigenvalue weighted by Gasteiger charge is -2.33. The Morgan fingerprint density at radius 2 is 1.88 bits per heavy atom. The van der Waals surface area contributed by atoms with E-state index in [9.17, 15) is 13.2 Å². The Morgan fingerprint density at radius 1 is 1.12 bits per heavy atom. The summed E-state index contributed by atoms with van der Waals surface area (Å²) in [6.07, 6.45) is 4.32. The van der Waals surface area contributed by atoms with E-state index in [0.717, 1.165) is 30.7 Å². The molecule has 2 aliphatic rings. The van der Waals surface area contributed by atoms with Gasteiger partial charge in [0.1, 0.15) is 11.0 Å². The molecule has 7 nitrogen and oxygen atoms in total. The van der Waals surface area contributed by atoms with E-state index < -0.39 is 16.1 Å². The van der Waals surface area contributed by atoms with Gasteiger partial charge in [-0.2, -0.15) is 4.31 Å². The number of nitrogens with one attached hydrogen (secondary N) is 1. The number of carbonyl (C=O) groups is 1. The van der Waals surface area contributed by atoms with Crippen LogP contribution in [0.2, 0.25) is 0 Å². The van der Waals surface area contributed by atoms with Crippen LogP contribution in [0.15, 0.2) is 35.2 Å². The molecule has 26 heavy (non-hydrogen) atoms. The summed E-state index contributed by atoms with van der Waals surface area (Å²) in [4.78, 5) is 13.0. The smallest absolute Gasteiger partial charge is 0.244 e. The SMILES string of the molecule is O=C(Nc1nnc(C2CC2)s1)[C@H]1CCCCN1S(=O)(=O)c1ccccc1. The zero-order chi connectivity index (χ0) is 18.1. The molecule has 2 fully saturated rings. The zero-order valence-corrected chi connectivity index (χ0v) is 15.8. The molecule has 1 aromatic carbocycles. The Labute approximate surface area is 156 Å². The molecule has 1 aliphatic carbocycles. The highest BCUT2D eigenvalue weighted by atomic mass is 32.2. The summed E-state index contributed by atoms with van der Waals surface area (Å²) < 4.78 is 27.3. The molecule has 1 aromatic heterocycles. The topological polar surface area (TPSA) is 92.3 Å². The van der Waals surface area contributed by atoms with Crippen LogP contribution in [0.1, 0.15) is 43.0 Å². The first-order valence-electron chi connectivity index (χ1n) is 8.77. The lowest BCUT2D eigenvalue weighted by atomic mass is 10.0. The molecule has 0 radical (unpaired) electrons. The van der Waals surface area contributed by atoms with Crippen molar-refractivity contribution in [2.75, 3.05) is 11.9 Å². The predicted octanol–water partition coefficient (Wildman–Crippen LogP) is 2.60. The van der Waals surface area contributed by atoms with Gasteiger partial charge in [-0.15, -0.1) is 10.2 Å². The third-order valence-electron chi connectivity index (χ3n) is 4.70. The average Bonchev–Trinajstić information content (AvgIpc) is 3.42. The van der Waals surface area contributed by atoms with Gasteiger partial charge in [-0.05, 0) is 37.8 Å². The van der Waals surface area contributed by atoms with E-state index >= 15 is 0 Å². The Kier molecular flexibility index (Phi) is 4.76. The van der Waals surface area contributed by atoms with Gasteiger partial charge in [0.2, 0.25) is 21.1 Å². The number of amides is 1. The summed E-state index contributed by atoms with van der Waals surface area (Å²) in [7, 11) is -3.71. The van der Waals surface area contributed by atoms with Crippen molar-refractivity contribution in [3.05, 3.63) is 35.3 Å². The summed E-state index contributed by atoms with van der Waals surface area (Å²) >= 11 is 1.38.